The lowest BCUT2D eigenvalue weighted by molar-refractivity contribution is -0.136. The van der Waals surface area contributed by atoms with Gasteiger partial charge in [0.15, 0.2) is 0 Å². The minimum atomic E-state index is -1.09. The Morgan fingerprint density at radius 3 is 2.05 bits per heavy atom. The van der Waals surface area contributed by atoms with E-state index >= 15 is 0 Å². The van der Waals surface area contributed by atoms with Crippen molar-refractivity contribution in [3.8, 4) is 0 Å². The second-order valence-electron chi connectivity index (χ2n) is 13.7. The lowest BCUT2D eigenvalue weighted by atomic mass is 10.0. The molecule has 0 radical (unpaired) electrons. The number of nitrogens with one attached hydrogen (secondary N) is 6. The summed E-state index contributed by atoms with van der Waals surface area (Å²) in [6.07, 6.45) is 3.58. The number of hydroxylamine groups is 1. The predicted octanol–water partition coefficient (Wildman–Crippen LogP) is 0.897. The SMILES string of the molecule is O=C(CCCCCCNC(=O)c1ccc(NC(=O)CCOCCOCCOCCOCCNC(=O)CNc2cccc3c2C(=O)N(C2CCC(=O)NC2=O)C3=O)cc1)NO. The first-order valence-electron chi connectivity index (χ1n) is 19.9. The van der Waals surface area contributed by atoms with Gasteiger partial charge in [0.25, 0.3) is 17.7 Å². The highest BCUT2D eigenvalue weighted by atomic mass is 16.6. The third-order valence-corrected chi connectivity index (χ3v) is 9.24. The molecule has 7 N–H and O–H groups in total. The number of benzene rings is 2. The maximum absolute atomic E-state index is 13.2. The van der Waals surface area contributed by atoms with Crippen LogP contribution < -0.4 is 32.1 Å². The number of fused-ring (bicyclic) bond motifs is 1. The van der Waals surface area contributed by atoms with Crippen LogP contribution in [0, 0.1) is 0 Å². The molecule has 2 aliphatic rings. The Labute approximate surface area is 346 Å². The van der Waals surface area contributed by atoms with Crippen LogP contribution in [0.4, 0.5) is 11.4 Å². The van der Waals surface area contributed by atoms with Crippen LogP contribution in [-0.4, -0.2) is 136 Å². The van der Waals surface area contributed by atoms with Crippen LogP contribution in [0.25, 0.3) is 0 Å². The van der Waals surface area contributed by atoms with Crippen molar-refractivity contribution in [2.24, 2.45) is 0 Å². The molecule has 8 amide bonds. The fourth-order valence-electron chi connectivity index (χ4n) is 6.14. The Balaban J connectivity index is 0.933. The maximum atomic E-state index is 13.2. The molecule has 326 valence electrons. The van der Waals surface area contributed by atoms with E-state index in [0.29, 0.717) is 63.9 Å². The topological polar surface area (TPSA) is 269 Å². The first-order chi connectivity index (χ1) is 29.1. The van der Waals surface area contributed by atoms with Gasteiger partial charge in [0.05, 0.1) is 76.9 Å². The van der Waals surface area contributed by atoms with E-state index in [0.717, 1.165) is 24.2 Å². The van der Waals surface area contributed by atoms with Crippen LogP contribution in [0.3, 0.4) is 0 Å². The molecule has 20 nitrogen and oxygen atoms in total. The lowest BCUT2D eigenvalue weighted by Crippen LogP contribution is -2.54. The lowest BCUT2D eigenvalue weighted by Gasteiger charge is -2.27. The number of rotatable bonds is 28. The minimum Gasteiger partial charge on any atom is -0.379 e. The summed E-state index contributed by atoms with van der Waals surface area (Å²) in [7, 11) is 0. The normalized spacial score (nSPS) is 14.7. The number of anilines is 2. The molecule has 0 aliphatic carbocycles. The summed E-state index contributed by atoms with van der Waals surface area (Å²) in [6, 6.07) is 10.1. The number of unbranched alkanes of at least 4 members (excludes halogenated alkanes) is 3. The van der Waals surface area contributed by atoms with Gasteiger partial charge in [-0.1, -0.05) is 18.9 Å². The van der Waals surface area contributed by atoms with E-state index in [4.69, 9.17) is 24.2 Å². The quantitative estimate of drug-likeness (QED) is 0.0272. The van der Waals surface area contributed by atoms with Crippen LogP contribution in [0.5, 0.6) is 0 Å². The number of piperidine rings is 1. The van der Waals surface area contributed by atoms with Crippen molar-refractivity contribution < 1.29 is 62.5 Å². The van der Waals surface area contributed by atoms with E-state index in [-0.39, 0.29) is 86.5 Å². The summed E-state index contributed by atoms with van der Waals surface area (Å²) in [5, 5.41) is 21.8. The Morgan fingerprint density at radius 2 is 1.37 bits per heavy atom. The molecule has 2 heterocycles. The molecule has 1 fully saturated rings. The third-order valence-electron chi connectivity index (χ3n) is 9.24. The van der Waals surface area contributed by atoms with Crippen LogP contribution in [0.2, 0.25) is 0 Å². The number of imide groups is 2. The fourth-order valence-corrected chi connectivity index (χ4v) is 6.14. The second-order valence-corrected chi connectivity index (χ2v) is 13.7. The van der Waals surface area contributed by atoms with Crippen LogP contribution >= 0.6 is 0 Å². The monoisotopic (exact) mass is 839 g/mol. The Morgan fingerprint density at radius 1 is 0.700 bits per heavy atom. The number of carbonyl (C=O) groups excluding carboxylic acids is 8. The van der Waals surface area contributed by atoms with E-state index in [9.17, 15) is 38.4 Å². The van der Waals surface area contributed by atoms with Crippen molar-refractivity contribution in [3.05, 3.63) is 59.2 Å². The number of amides is 8. The number of ether oxygens (including phenoxy) is 4. The summed E-state index contributed by atoms with van der Waals surface area (Å²) in [6.45, 7) is 2.93. The molecule has 1 atom stereocenters. The zero-order valence-corrected chi connectivity index (χ0v) is 33.3. The molecule has 1 unspecified atom stereocenters. The fraction of sp³-hybridized carbons (Fsp3) is 0.500. The second kappa shape index (κ2) is 25.6. The summed E-state index contributed by atoms with van der Waals surface area (Å²) < 4.78 is 21.9. The highest BCUT2D eigenvalue weighted by Crippen LogP contribution is 2.32. The molecule has 2 aromatic rings. The first-order valence-corrected chi connectivity index (χ1v) is 19.9. The molecule has 2 aromatic carbocycles. The smallest absolute Gasteiger partial charge is 0.264 e. The molecular weight excluding hydrogens is 786 g/mol. The Kier molecular flexibility index (Phi) is 20.0. The molecule has 4 rings (SSSR count). The van der Waals surface area contributed by atoms with Crippen LogP contribution in [0.15, 0.2) is 42.5 Å². The molecule has 0 aromatic heterocycles. The molecular formula is C40H53N7O13. The zero-order chi connectivity index (χ0) is 43.1. The average Bonchev–Trinajstić information content (AvgIpc) is 3.49. The van der Waals surface area contributed by atoms with Gasteiger partial charge in [-0.2, -0.15) is 0 Å². The Bertz CT molecular complexity index is 1810. The van der Waals surface area contributed by atoms with Gasteiger partial charge >= 0.3 is 0 Å². The van der Waals surface area contributed by atoms with Gasteiger partial charge < -0.3 is 40.2 Å². The van der Waals surface area contributed by atoms with Crippen molar-refractivity contribution in [2.75, 3.05) is 83.1 Å². The standard InChI is InChI=1S/C40H53N7O13/c48-32-14-13-31(38(53)45-32)47-39(54)29-6-5-7-30(36(29)40(47)55)43-26-35(51)41-17-19-58-21-23-60-25-24-59-22-20-57-18-15-33(49)44-28-11-9-27(10-12-28)37(52)42-16-4-2-1-3-8-34(50)46-56/h5-7,9-12,31,43,56H,1-4,8,13-26H2,(H,41,51)(H,42,52)(H,44,49)(H,46,50)(H,45,48,53). The minimum absolute atomic E-state index is 0.0142. The Hall–Kier alpha value is -5.80. The average molecular weight is 840 g/mol. The molecule has 0 spiro atoms. The van der Waals surface area contributed by atoms with Crippen molar-refractivity contribution in [3.63, 3.8) is 0 Å². The zero-order valence-electron chi connectivity index (χ0n) is 33.3. The van der Waals surface area contributed by atoms with Crippen molar-refractivity contribution in [2.45, 2.75) is 57.4 Å². The molecule has 2 aliphatic heterocycles. The van der Waals surface area contributed by atoms with E-state index in [1.807, 2.05) is 0 Å². The number of hydrogen-bond donors (Lipinski definition) is 7. The third kappa shape index (κ3) is 15.4. The largest absolute Gasteiger partial charge is 0.379 e. The summed E-state index contributed by atoms with van der Waals surface area (Å²) in [5.41, 5.74) is 3.09. The van der Waals surface area contributed by atoms with Crippen molar-refractivity contribution in [1.29, 1.82) is 0 Å². The van der Waals surface area contributed by atoms with Crippen molar-refractivity contribution in [1.82, 2.24) is 26.3 Å². The van der Waals surface area contributed by atoms with Gasteiger partial charge in [0.2, 0.25) is 29.5 Å². The molecule has 60 heavy (non-hydrogen) atoms. The summed E-state index contributed by atoms with van der Waals surface area (Å²) in [4.78, 5) is 98.8. The van der Waals surface area contributed by atoms with Gasteiger partial charge in [-0.25, -0.2) is 5.48 Å². The maximum Gasteiger partial charge on any atom is 0.264 e. The van der Waals surface area contributed by atoms with Gasteiger partial charge in [0, 0.05) is 42.9 Å². The first kappa shape index (κ1) is 46.9. The van der Waals surface area contributed by atoms with Gasteiger partial charge in [0.1, 0.15) is 6.04 Å². The number of nitrogens with zero attached hydrogens (tertiary/aromatic N) is 1. The molecule has 20 heteroatoms. The van der Waals surface area contributed by atoms with Gasteiger partial charge in [-0.3, -0.25) is 53.8 Å². The van der Waals surface area contributed by atoms with Gasteiger partial charge in [-0.15, -0.1) is 0 Å². The highest BCUT2D eigenvalue weighted by Gasteiger charge is 2.45. The highest BCUT2D eigenvalue weighted by molar-refractivity contribution is 6.25. The summed E-state index contributed by atoms with van der Waals surface area (Å²) >= 11 is 0. The van der Waals surface area contributed by atoms with E-state index in [1.54, 1.807) is 41.9 Å². The summed E-state index contributed by atoms with van der Waals surface area (Å²) in [5.74, 6) is -3.68. The number of carbonyl (C=O) groups is 8. The van der Waals surface area contributed by atoms with Crippen molar-refractivity contribution >= 4 is 58.6 Å². The predicted molar refractivity (Wildman–Crippen MR) is 213 cm³/mol. The molecule has 0 saturated carbocycles. The number of hydrogen-bond acceptors (Lipinski definition) is 14. The van der Waals surface area contributed by atoms with E-state index in [2.05, 4.69) is 26.6 Å². The molecule has 1 saturated heterocycles. The van der Waals surface area contributed by atoms with Crippen LogP contribution in [-0.2, 0) is 42.9 Å². The molecule has 0 bridgehead atoms. The van der Waals surface area contributed by atoms with Gasteiger partial charge in [-0.05, 0) is 55.7 Å². The van der Waals surface area contributed by atoms with E-state index < -0.39 is 35.6 Å². The van der Waals surface area contributed by atoms with Crippen LogP contribution in [0.1, 0.15) is 82.4 Å². The van der Waals surface area contributed by atoms with E-state index in [1.165, 1.54) is 6.07 Å².